The van der Waals surface area contributed by atoms with Crippen LogP contribution < -0.4 is 22.3 Å². The number of carbonyl (C=O) groups excluding carboxylic acids is 2. The lowest BCUT2D eigenvalue weighted by molar-refractivity contribution is -0.122. The van der Waals surface area contributed by atoms with E-state index in [9.17, 15) is 9.59 Å². The summed E-state index contributed by atoms with van der Waals surface area (Å²) in [4.78, 5) is 27.7. The maximum absolute atomic E-state index is 12.2. The summed E-state index contributed by atoms with van der Waals surface area (Å²) in [5.41, 5.74) is 7.61. The van der Waals surface area contributed by atoms with Gasteiger partial charge in [-0.3, -0.25) is 9.59 Å². The zero-order valence-electron chi connectivity index (χ0n) is 12.2. The predicted molar refractivity (Wildman–Crippen MR) is 76.9 cm³/mol. The van der Waals surface area contributed by atoms with Gasteiger partial charge in [-0.15, -0.1) is 0 Å². The standard InChI is InChI=1S/C13H21N5O2/c1-7(2)9-5-8(6-10(16-9)18-15)11(19)17-13(3,4)12(14)20/h5-7H,15H2,1-4H3,(H2,14,20)(H,16,18)(H,17,19). The van der Waals surface area contributed by atoms with Crippen molar-refractivity contribution in [3.63, 3.8) is 0 Å². The van der Waals surface area contributed by atoms with Gasteiger partial charge in [-0.1, -0.05) is 13.8 Å². The molecule has 0 atom stereocenters. The van der Waals surface area contributed by atoms with Crippen LogP contribution in [-0.2, 0) is 4.79 Å². The van der Waals surface area contributed by atoms with Gasteiger partial charge in [0, 0.05) is 11.3 Å². The molecule has 1 aromatic heterocycles. The Bertz CT molecular complexity index is 525. The smallest absolute Gasteiger partial charge is 0.252 e. The van der Waals surface area contributed by atoms with Crippen molar-refractivity contribution in [3.05, 3.63) is 23.4 Å². The Kier molecular flexibility index (Phi) is 4.67. The number of rotatable bonds is 5. The van der Waals surface area contributed by atoms with E-state index in [2.05, 4.69) is 15.7 Å². The van der Waals surface area contributed by atoms with Crippen molar-refractivity contribution in [1.82, 2.24) is 10.3 Å². The number of hydrogen-bond donors (Lipinski definition) is 4. The second-order valence-electron chi connectivity index (χ2n) is 5.41. The zero-order chi connectivity index (χ0) is 15.5. The van der Waals surface area contributed by atoms with Gasteiger partial charge < -0.3 is 16.5 Å². The van der Waals surface area contributed by atoms with E-state index in [1.807, 2.05) is 13.8 Å². The summed E-state index contributed by atoms with van der Waals surface area (Å²) in [7, 11) is 0. The van der Waals surface area contributed by atoms with Crippen LogP contribution >= 0.6 is 0 Å². The molecule has 0 aliphatic rings. The second kappa shape index (κ2) is 5.87. The van der Waals surface area contributed by atoms with Gasteiger partial charge in [0.15, 0.2) is 0 Å². The molecule has 0 aliphatic carbocycles. The van der Waals surface area contributed by atoms with Crippen molar-refractivity contribution >= 4 is 17.6 Å². The third-order valence-electron chi connectivity index (χ3n) is 2.89. The minimum absolute atomic E-state index is 0.138. The van der Waals surface area contributed by atoms with Gasteiger partial charge in [0.1, 0.15) is 11.4 Å². The van der Waals surface area contributed by atoms with Crippen molar-refractivity contribution in [1.29, 1.82) is 0 Å². The molecule has 0 aliphatic heterocycles. The molecule has 7 heteroatoms. The molecular weight excluding hydrogens is 258 g/mol. The Morgan fingerprint density at radius 2 is 1.90 bits per heavy atom. The van der Waals surface area contributed by atoms with Gasteiger partial charge >= 0.3 is 0 Å². The number of amides is 2. The second-order valence-corrected chi connectivity index (χ2v) is 5.41. The maximum atomic E-state index is 12.2. The summed E-state index contributed by atoms with van der Waals surface area (Å²) < 4.78 is 0. The molecule has 6 N–H and O–H groups in total. The number of primary amides is 1. The monoisotopic (exact) mass is 279 g/mol. The van der Waals surface area contributed by atoms with Gasteiger partial charge in [-0.2, -0.15) is 0 Å². The maximum Gasteiger partial charge on any atom is 0.252 e. The highest BCUT2D eigenvalue weighted by atomic mass is 16.2. The number of hydrazine groups is 1. The first-order valence-corrected chi connectivity index (χ1v) is 6.28. The summed E-state index contributed by atoms with van der Waals surface area (Å²) in [5.74, 6) is 4.85. The van der Waals surface area contributed by atoms with Crippen molar-refractivity contribution in [2.24, 2.45) is 11.6 Å². The van der Waals surface area contributed by atoms with Gasteiger partial charge in [0.05, 0.1) is 0 Å². The molecule has 1 aromatic rings. The van der Waals surface area contributed by atoms with Crippen LogP contribution in [0, 0.1) is 0 Å². The topological polar surface area (TPSA) is 123 Å². The van der Waals surface area contributed by atoms with Crippen LogP contribution in [0.1, 0.15) is 49.7 Å². The third kappa shape index (κ3) is 3.67. The number of anilines is 1. The minimum Gasteiger partial charge on any atom is -0.368 e. The number of nitrogens with two attached hydrogens (primary N) is 2. The molecule has 0 radical (unpaired) electrons. The van der Waals surface area contributed by atoms with Crippen molar-refractivity contribution < 1.29 is 9.59 Å². The predicted octanol–water partition coefficient (Wildman–Crippen LogP) is 0.484. The summed E-state index contributed by atoms with van der Waals surface area (Å²) in [5, 5.41) is 2.58. The highest BCUT2D eigenvalue weighted by Crippen LogP contribution is 2.17. The SMILES string of the molecule is CC(C)c1cc(C(=O)NC(C)(C)C(N)=O)cc(NN)n1. The van der Waals surface area contributed by atoms with E-state index in [1.54, 1.807) is 19.9 Å². The largest absolute Gasteiger partial charge is 0.368 e. The van der Waals surface area contributed by atoms with Crippen LogP contribution in [0.4, 0.5) is 5.82 Å². The van der Waals surface area contributed by atoms with Gasteiger partial charge in [-0.05, 0) is 31.9 Å². The number of nitrogen functional groups attached to an aromatic ring is 1. The van der Waals surface area contributed by atoms with Crippen LogP contribution in [-0.4, -0.2) is 22.3 Å². The van der Waals surface area contributed by atoms with E-state index in [0.717, 1.165) is 5.69 Å². The Morgan fingerprint density at radius 1 is 1.30 bits per heavy atom. The van der Waals surface area contributed by atoms with E-state index in [1.165, 1.54) is 6.07 Å². The first-order chi connectivity index (χ1) is 9.17. The molecule has 1 heterocycles. The van der Waals surface area contributed by atoms with Crippen LogP contribution in [0.25, 0.3) is 0 Å². The quantitative estimate of drug-likeness (QED) is 0.461. The molecule has 0 saturated heterocycles. The fraction of sp³-hybridized carbons (Fsp3) is 0.462. The number of hydrogen-bond acceptors (Lipinski definition) is 5. The van der Waals surface area contributed by atoms with E-state index >= 15 is 0 Å². The molecule has 0 bridgehead atoms. The van der Waals surface area contributed by atoms with Crippen LogP contribution in [0.5, 0.6) is 0 Å². The minimum atomic E-state index is -1.13. The summed E-state index contributed by atoms with van der Waals surface area (Å²) >= 11 is 0. The van der Waals surface area contributed by atoms with Gasteiger partial charge in [-0.25, -0.2) is 10.8 Å². The van der Waals surface area contributed by atoms with Crippen molar-refractivity contribution in [3.8, 4) is 0 Å². The van der Waals surface area contributed by atoms with Crippen molar-refractivity contribution in [2.45, 2.75) is 39.2 Å². The number of nitrogens with zero attached hydrogens (tertiary/aromatic N) is 1. The number of aromatic nitrogens is 1. The van der Waals surface area contributed by atoms with Crippen molar-refractivity contribution in [2.75, 3.05) is 5.43 Å². The Labute approximate surface area is 118 Å². The lowest BCUT2D eigenvalue weighted by Gasteiger charge is -2.22. The highest BCUT2D eigenvalue weighted by molar-refractivity contribution is 5.99. The number of pyridine rings is 1. The fourth-order valence-corrected chi connectivity index (χ4v) is 1.47. The Morgan fingerprint density at radius 3 is 2.35 bits per heavy atom. The van der Waals surface area contributed by atoms with E-state index in [4.69, 9.17) is 11.6 Å². The summed E-state index contributed by atoms with van der Waals surface area (Å²) in [6.45, 7) is 7.00. The average Bonchev–Trinajstić information content (AvgIpc) is 2.37. The lowest BCUT2D eigenvalue weighted by Crippen LogP contribution is -2.53. The number of nitrogens with one attached hydrogen (secondary N) is 2. The Hall–Kier alpha value is -2.15. The van der Waals surface area contributed by atoms with Crippen LogP contribution in [0.15, 0.2) is 12.1 Å². The van der Waals surface area contributed by atoms with Crippen LogP contribution in [0.3, 0.4) is 0 Å². The lowest BCUT2D eigenvalue weighted by atomic mass is 10.0. The highest BCUT2D eigenvalue weighted by Gasteiger charge is 2.27. The third-order valence-corrected chi connectivity index (χ3v) is 2.89. The first kappa shape index (κ1) is 15.9. The summed E-state index contributed by atoms with van der Waals surface area (Å²) in [6, 6.07) is 3.18. The van der Waals surface area contributed by atoms with E-state index in [0.29, 0.717) is 11.4 Å². The zero-order valence-corrected chi connectivity index (χ0v) is 12.2. The van der Waals surface area contributed by atoms with Crippen LogP contribution in [0.2, 0.25) is 0 Å². The molecule has 0 spiro atoms. The molecule has 20 heavy (non-hydrogen) atoms. The molecule has 7 nitrogen and oxygen atoms in total. The molecule has 0 unspecified atom stereocenters. The molecule has 0 aromatic carbocycles. The molecule has 110 valence electrons. The van der Waals surface area contributed by atoms with Gasteiger partial charge in [0.2, 0.25) is 5.91 Å². The first-order valence-electron chi connectivity index (χ1n) is 6.28. The van der Waals surface area contributed by atoms with Gasteiger partial charge in [0.25, 0.3) is 5.91 Å². The molecule has 0 fully saturated rings. The Balaban J connectivity index is 3.10. The fourth-order valence-electron chi connectivity index (χ4n) is 1.47. The molecule has 1 rings (SSSR count). The molecular formula is C13H21N5O2. The normalized spacial score (nSPS) is 11.3. The van der Waals surface area contributed by atoms with E-state index < -0.39 is 17.4 Å². The number of carbonyl (C=O) groups is 2. The average molecular weight is 279 g/mol. The summed E-state index contributed by atoms with van der Waals surface area (Å²) in [6.07, 6.45) is 0. The van der Waals surface area contributed by atoms with E-state index in [-0.39, 0.29) is 5.92 Å². The molecule has 2 amide bonds. The molecule has 0 saturated carbocycles.